The molecule has 98 valence electrons. The summed E-state index contributed by atoms with van der Waals surface area (Å²) in [4.78, 5) is 4.50. The zero-order valence-electron chi connectivity index (χ0n) is 10.7. The number of rotatable bonds is 2. The summed E-state index contributed by atoms with van der Waals surface area (Å²) in [6.07, 6.45) is 7.46. The molecule has 2 fully saturated rings. The van der Waals surface area contributed by atoms with Crippen molar-refractivity contribution in [3.05, 3.63) is 34.2 Å². The van der Waals surface area contributed by atoms with Crippen LogP contribution in [-0.4, -0.2) is 14.8 Å². The van der Waals surface area contributed by atoms with Crippen LogP contribution in [0.5, 0.6) is 0 Å². The van der Waals surface area contributed by atoms with Crippen molar-refractivity contribution in [2.45, 2.75) is 31.7 Å². The zero-order chi connectivity index (χ0) is 12.8. The average Bonchev–Trinajstić information content (AvgIpc) is 3.14. The van der Waals surface area contributed by atoms with E-state index in [0.717, 1.165) is 23.2 Å². The molecule has 2 bridgehead atoms. The molecular formula is C15H16IN3. The van der Waals surface area contributed by atoms with Gasteiger partial charge in [0.25, 0.3) is 0 Å². The first-order valence-corrected chi connectivity index (χ1v) is 8.04. The minimum Gasteiger partial charge on any atom is -0.249 e. The molecule has 0 amide bonds. The molecular weight excluding hydrogens is 349 g/mol. The Hall–Kier alpha value is -0.910. The monoisotopic (exact) mass is 365 g/mol. The van der Waals surface area contributed by atoms with Gasteiger partial charge in [-0.05, 0) is 65.8 Å². The van der Waals surface area contributed by atoms with Gasteiger partial charge in [-0.25, -0.2) is 9.67 Å². The van der Waals surface area contributed by atoms with E-state index in [1.54, 1.807) is 0 Å². The maximum Gasteiger partial charge on any atom is 0.181 e. The second-order valence-corrected chi connectivity index (χ2v) is 7.05. The number of hydrogen-bond acceptors (Lipinski definition) is 2. The zero-order valence-corrected chi connectivity index (χ0v) is 12.8. The Morgan fingerprint density at radius 1 is 1.21 bits per heavy atom. The van der Waals surface area contributed by atoms with E-state index in [-0.39, 0.29) is 0 Å². The first-order chi connectivity index (χ1) is 9.29. The van der Waals surface area contributed by atoms with Gasteiger partial charge in [-0.15, -0.1) is 0 Å². The molecule has 1 aromatic carbocycles. The van der Waals surface area contributed by atoms with Crippen LogP contribution in [0.15, 0.2) is 30.6 Å². The van der Waals surface area contributed by atoms with Gasteiger partial charge in [-0.2, -0.15) is 5.10 Å². The third kappa shape index (κ3) is 2.10. The van der Waals surface area contributed by atoms with E-state index < -0.39 is 0 Å². The molecule has 0 saturated heterocycles. The highest BCUT2D eigenvalue weighted by molar-refractivity contribution is 14.1. The highest BCUT2D eigenvalue weighted by Gasteiger charge is 2.40. The molecule has 19 heavy (non-hydrogen) atoms. The van der Waals surface area contributed by atoms with Crippen LogP contribution in [0.2, 0.25) is 0 Å². The van der Waals surface area contributed by atoms with E-state index in [4.69, 9.17) is 5.10 Å². The minimum absolute atomic E-state index is 0.600. The second-order valence-electron chi connectivity index (χ2n) is 5.80. The predicted molar refractivity (Wildman–Crippen MR) is 82.7 cm³/mol. The van der Waals surface area contributed by atoms with E-state index in [2.05, 4.69) is 56.5 Å². The lowest BCUT2D eigenvalue weighted by Gasteiger charge is -2.21. The predicted octanol–water partition coefficient (Wildman–Crippen LogP) is 3.91. The van der Waals surface area contributed by atoms with Crippen LogP contribution in [0.3, 0.4) is 0 Å². The molecule has 0 aliphatic heterocycles. The lowest BCUT2D eigenvalue weighted by molar-refractivity contribution is 0.306. The van der Waals surface area contributed by atoms with Crippen molar-refractivity contribution in [3.63, 3.8) is 0 Å². The molecule has 3 nitrogen and oxygen atoms in total. The lowest BCUT2D eigenvalue weighted by atomic mass is 9.96. The number of aromatic nitrogens is 3. The highest BCUT2D eigenvalue weighted by atomic mass is 127. The van der Waals surface area contributed by atoms with Crippen LogP contribution in [0.1, 0.15) is 31.7 Å². The van der Waals surface area contributed by atoms with Crippen molar-refractivity contribution < 1.29 is 0 Å². The molecule has 1 heterocycles. The summed E-state index contributed by atoms with van der Waals surface area (Å²) < 4.78 is 3.35. The largest absolute Gasteiger partial charge is 0.249 e. The Balaban J connectivity index is 1.63. The Bertz CT molecular complexity index is 607. The molecule has 2 aliphatic rings. The third-order valence-corrected chi connectivity index (χ3v) is 5.30. The molecule has 0 N–H and O–H groups in total. The van der Waals surface area contributed by atoms with E-state index in [9.17, 15) is 0 Å². The van der Waals surface area contributed by atoms with Crippen molar-refractivity contribution in [1.29, 1.82) is 0 Å². The third-order valence-electron chi connectivity index (χ3n) is 4.63. The molecule has 2 saturated carbocycles. The standard InChI is InChI=1S/C15H16IN3/c16-13-3-1-2-12(8-13)15-17-9-19(18-15)14-7-10-4-5-11(14)6-10/h1-3,8-11,14H,4-7H2. The SMILES string of the molecule is Ic1cccc(-c2ncn(C3CC4CCC3C4)n2)c1. The summed E-state index contributed by atoms with van der Waals surface area (Å²) in [6.45, 7) is 0. The Morgan fingerprint density at radius 2 is 2.16 bits per heavy atom. The van der Waals surface area contributed by atoms with Crippen molar-refractivity contribution in [2.75, 3.05) is 0 Å². The smallest absolute Gasteiger partial charge is 0.181 e. The normalized spacial score (nSPS) is 29.0. The fourth-order valence-corrected chi connectivity index (χ4v) is 4.27. The van der Waals surface area contributed by atoms with Crippen LogP contribution >= 0.6 is 22.6 Å². The van der Waals surface area contributed by atoms with Crippen LogP contribution in [-0.2, 0) is 0 Å². The van der Waals surface area contributed by atoms with E-state index in [1.165, 1.54) is 29.3 Å². The van der Waals surface area contributed by atoms with Crippen LogP contribution in [0.25, 0.3) is 11.4 Å². The van der Waals surface area contributed by atoms with Gasteiger partial charge in [0, 0.05) is 9.13 Å². The molecule has 1 aromatic heterocycles. The van der Waals surface area contributed by atoms with Crippen LogP contribution in [0.4, 0.5) is 0 Å². The maximum absolute atomic E-state index is 4.72. The van der Waals surface area contributed by atoms with Crippen LogP contribution < -0.4 is 0 Å². The molecule has 4 heteroatoms. The van der Waals surface area contributed by atoms with Gasteiger partial charge in [0.15, 0.2) is 5.82 Å². The summed E-state index contributed by atoms with van der Waals surface area (Å²) in [7, 11) is 0. The molecule has 0 radical (unpaired) electrons. The first kappa shape index (κ1) is 11.9. The summed E-state index contributed by atoms with van der Waals surface area (Å²) in [6, 6.07) is 8.98. The number of halogens is 1. The quantitative estimate of drug-likeness (QED) is 0.756. The van der Waals surface area contributed by atoms with Crippen molar-refractivity contribution in [3.8, 4) is 11.4 Å². The average molecular weight is 365 g/mol. The highest BCUT2D eigenvalue weighted by Crippen LogP contribution is 2.50. The Morgan fingerprint density at radius 3 is 2.89 bits per heavy atom. The van der Waals surface area contributed by atoms with Gasteiger partial charge in [0.05, 0.1) is 6.04 Å². The summed E-state index contributed by atoms with van der Waals surface area (Å²) in [5, 5.41) is 4.72. The number of fused-ring (bicyclic) bond motifs is 2. The van der Waals surface area contributed by atoms with E-state index >= 15 is 0 Å². The second kappa shape index (κ2) is 4.58. The number of hydrogen-bond donors (Lipinski definition) is 0. The maximum atomic E-state index is 4.72. The Labute approximate surface area is 126 Å². The van der Waals surface area contributed by atoms with Gasteiger partial charge in [-0.1, -0.05) is 18.6 Å². The van der Waals surface area contributed by atoms with Gasteiger partial charge in [-0.3, -0.25) is 0 Å². The fraction of sp³-hybridized carbons (Fsp3) is 0.467. The minimum atomic E-state index is 0.600. The van der Waals surface area contributed by atoms with E-state index in [1.807, 2.05) is 6.33 Å². The summed E-state index contributed by atoms with van der Waals surface area (Å²) >= 11 is 2.33. The van der Waals surface area contributed by atoms with Crippen molar-refractivity contribution in [1.82, 2.24) is 14.8 Å². The molecule has 3 atom stereocenters. The van der Waals surface area contributed by atoms with E-state index in [0.29, 0.717) is 6.04 Å². The van der Waals surface area contributed by atoms with Crippen LogP contribution in [0, 0.1) is 15.4 Å². The van der Waals surface area contributed by atoms with Gasteiger partial charge in [0.2, 0.25) is 0 Å². The van der Waals surface area contributed by atoms with Crippen molar-refractivity contribution >= 4 is 22.6 Å². The molecule has 4 rings (SSSR count). The fourth-order valence-electron chi connectivity index (χ4n) is 3.73. The van der Waals surface area contributed by atoms with Gasteiger partial charge < -0.3 is 0 Å². The Kier molecular flexibility index (Phi) is 2.86. The first-order valence-electron chi connectivity index (χ1n) is 6.96. The van der Waals surface area contributed by atoms with Gasteiger partial charge in [0.1, 0.15) is 6.33 Å². The number of nitrogens with zero attached hydrogens (tertiary/aromatic N) is 3. The molecule has 2 aliphatic carbocycles. The molecule has 3 unspecified atom stereocenters. The van der Waals surface area contributed by atoms with Gasteiger partial charge >= 0.3 is 0 Å². The molecule has 0 spiro atoms. The van der Waals surface area contributed by atoms with Crippen molar-refractivity contribution in [2.24, 2.45) is 11.8 Å². The lowest BCUT2D eigenvalue weighted by Crippen LogP contribution is -2.16. The summed E-state index contributed by atoms with van der Waals surface area (Å²) in [5.74, 6) is 2.65. The number of benzene rings is 1. The topological polar surface area (TPSA) is 30.7 Å². The summed E-state index contributed by atoms with van der Waals surface area (Å²) in [5.41, 5.74) is 1.12. The molecule has 2 aromatic rings.